The van der Waals surface area contributed by atoms with Crippen molar-refractivity contribution in [1.29, 1.82) is 0 Å². The van der Waals surface area contributed by atoms with Crippen molar-refractivity contribution in [3.05, 3.63) is 45.5 Å². The van der Waals surface area contributed by atoms with Gasteiger partial charge < -0.3 is 10.2 Å². The molecule has 0 fully saturated rings. The second-order valence-electron chi connectivity index (χ2n) is 3.39. The van der Waals surface area contributed by atoms with Gasteiger partial charge in [0, 0.05) is 17.7 Å². The van der Waals surface area contributed by atoms with Gasteiger partial charge in [0.15, 0.2) is 0 Å². The minimum absolute atomic E-state index is 0.0694. The average Bonchev–Trinajstić information content (AvgIpc) is 2.26. The van der Waals surface area contributed by atoms with Crippen molar-refractivity contribution in [3.8, 4) is 0 Å². The Balaban J connectivity index is 3.14. The summed E-state index contributed by atoms with van der Waals surface area (Å²) >= 11 is 0. The zero-order chi connectivity index (χ0) is 13.7. The standard InChI is InChI=1S/C11H9NO6/c13-10(14)4-2-7-1-3-8(6-11(15)16)9(5-7)12(17)18/h1-5H,6H2,(H,13,14)(H,15,16). The van der Waals surface area contributed by atoms with Gasteiger partial charge in [0.05, 0.1) is 11.3 Å². The Bertz CT molecular complexity index is 534. The van der Waals surface area contributed by atoms with Gasteiger partial charge in [-0.2, -0.15) is 0 Å². The fourth-order valence-electron chi connectivity index (χ4n) is 1.33. The van der Waals surface area contributed by atoms with E-state index < -0.39 is 23.3 Å². The number of hydrogen-bond acceptors (Lipinski definition) is 4. The molecule has 0 aliphatic heterocycles. The molecule has 1 rings (SSSR count). The number of carbonyl (C=O) groups is 2. The molecule has 18 heavy (non-hydrogen) atoms. The van der Waals surface area contributed by atoms with E-state index in [1.54, 1.807) is 0 Å². The van der Waals surface area contributed by atoms with Crippen LogP contribution in [0.1, 0.15) is 11.1 Å². The molecular formula is C11H9NO6. The normalized spacial score (nSPS) is 10.4. The van der Waals surface area contributed by atoms with Gasteiger partial charge in [-0.3, -0.25) is 14.9 Å². The summed E-state index contributed by atoms with van der Waals surface area (Å²) in [6.45, 7) is 0. The third-order valence-electron chi connectivity index (χ3n) is 2.07. The summed E-state index contributed by atoms with van der Waals surface area (Å²) in [4.78, 5) is 30.9. The van der Waals surface area contributed by atoms with E-state index in [0.717, 1.165) is 12.1 Å². The van der Waals surface area contributed by atoms with Crippen LogP contribution in [0.2, 0.25) is 0 Å². The molecule has 0 unspecified atom stereocenters. The molecule has 1 aromatic rings. The van der Waals surface area contributed by atoms with Crippen molar-refractivity contribution in [1.82, 2.24) is 0 Å². The first-order valence-electron chi connectivity index (χ1n) is 4.80. The van der Waals surface area contributed by atoms with Crippen LogP contribution >= 0.6 is 0 Å². The van der Waals surface area contributed by atoms with Crippen molar-refractivity contribution in [2.24, 2.45) is 0 Å². The van der Waals surface area contributed by atoms with E-state index in [4.69, 9.17) is 10.2 Å². The van der Waals surface area contributed by atoms with Gasteiger partial charge in [0.2, 0.25) is 0 Å². The number of hydrogen-bond donors (Lipinski definition) is 2. The molecular weight excluding hydrogens is 242 g/mol. The van der Waals surface area contributed by atoms with Crippen LogP contribution in [0.4, 0.5) is 5.69 Å². The highest BCUT2D eigenvalue weighted by Crippen LogP contribution is 2.21. The number of nitro groups is 1. The molecule has 0 aromatic heterocycles. The minimum Gasteiger partial charge on any atom is -0.481 e. The molecule has 0 saturated heterocycles. The number of carboxylic acid groups (broad SMARTS) is 2. The first-order valence-corrected chi connectivity index (χ1v) is 4.80. The summed E-state index contributed by atoms with van der Waals surface area (Å²) in [6.07, 6.45) is 1.58. The Morgan fingerprint density at radius 3 is 2.50 bits per heavy atom. The van der Waals surface area contributed by atoms with Crippen LogP contribution in [0.3, 0.4) is 0 Å². The predicted molar refractivity (Wildman–Crippen MR) is 61.1 cm³/mol. The summed E-state index contributed by atoms with van der Waals surface area (Å²) in [5.74, 6) is -2.35. The third kappa shape index (κ3) is 3.71. The van der Waals surface area contributed by atoms with Crippen LogP contribution in [0.15, 0.2) is 24.3 Å². The molecule has 0 atom stereocenters. The van der Waals surface area contributed by atoms with Gasteiger partial charge >= 0.3 is 11.9 Å². The maximum atomic E-state index is 10.8. The first-order chi connectivity index (χ1) is 8.40. The second kappa shape index (κ2) is 5.58. The lowest BCUT2D eigenvalue weighted by Gasteiger charge is -2.01. The topological polar surface area (TPSA) is 118 Å². The van der Waals surface area contributed by atoms with Gasteiger partial charge in [0.1, 0.15) is 0 Å². The van der Waals surface area contributed by atoms with Gasteiger partial charge in [-0.05, 0) is 11.6 Å². The molecule has 7 heteroatoms. The van der Waals surface area contributed by atoms with E-state index in [9.17, 15) is 19.7 Å². The third-order valence-corrected chi connectivity index (χ3v) is 2.07. The predicted octanol–water partition coefficient (Wildman–Crippen LogP) is 1.32. The molecule has 0 bridgehead atoms. The van der Waals surface area contributed by atoms with Crippen LogP contribution in [0.25, 0.3) is 6.08 Å². The van der Waals surface area contributed by atoms with Crippen molar-refractivity contribution in [3.63, 3.8) is 0 Å². The number of rotatable bonds is 5. The number of nitrogens with zero attached hydrogens (tertiary/aromatic N) is 1. The SMILES string of the molecule is O=C(O)C=Cc1ccc(CC(=O)O)c([N+](=O)[O-])c1. The minimum atomic E-state index is -1.17. The van der Waals surface area contributed by atoms with Crippen LogP contribution < -0.4 is 0 Å². The van der Waals surface area contributed by atoms with E-state index in [1.165, 1.54) is 18.2 Å². The van der Waals surface area contributed by atoms with Crippen LogP contribution in [-0.4, -0.2) is 27.1 Å². The molecule has 0 aliphatic rings. The van der Waals surface area contributed by atoms with E-state index in [2.05, 4.69) is 0 Å². The van der Waals surface area contributed by atoms with Crippen molar-refractivity contribution < 1.29 is 24.7 Å². The van der Waals surface area contributed by atoms with E-state index >= 15 is 0 Å². The average molecular weight is 251 g/mol. The van der Waals surface area contributed by atoms with Crippen molar-refractivity contribution >= 4 is 23.7 Å². The maximum Gasteiger partial charge on any atom is 0.328 e. The Hall–Kier alpha value is -2.70. The van der Waals surface area contributed by atoms with Crippen LogP contribution in [0.5, 0.6) is 0 Å². The van der Waals surface area contributed by atoms with Crippen molar-refractivity contribution in [2.75, 3.05) is 0 Å². The van der Waals surface area contributed by atoms with Crippen LogP contribution in [-0.2, 0) is 16.0 Å². The Morgan fingerprint density at radius 1 is 1.33 bits per heavy atom. The molecule has 0 heterocycles. The van der Waals surface area contributed by atoms with Gasteiger partial charge in [0.25, 0.3) is 5.69 Å². The zero-order valence-corrected chi connectivity index (χ0v) is 9.07. The molecule has 94 valence electrons. The van der Waals surface area contributed by atoms with E-state index in [1.807, 2.05) is 0 Å². The Kier molecular flexibility index (Phi) is 4.14. The summed E-state index contributed by atoms with van der Waals surface area (Å²) in [5.41, 5.74) is 0.0446. The number of aliphatic carboxylic acids is 2. The largest absolute Gasteiger partial charge is 0.481 e. The number of benzene rings is 1. The summed E-state index contributed by atoms with van der Waals surface area (Å²) in [6, 6.07) is 3.86. The summed E-state index contributed by atoms with van der Waals surface area (Å²) in [7, 11) is 0. The second-order valence-corrected chi connectivity index (χ2v) is 3.39. The Morgan fingerprint density at radius 2 is 2.00 bits per heavy atom. The zero-order valence-electron chi connectivity index (χ0n) is 9.07. The van der Waals surface area contributed by atoms with Gasteiger partial charge in [-0.15, -0.1) is 0 Å². The highest BCUT2D eigenvalue weighted by molar-refractivity contribution is 5.85. The molecule has 0 amide bonds. The number of nitro benzene ring substituents is 1. The monoisotopic (exact) mass is 251 g/mol. The molecule has 7 nitrogen and oxygen atoms in total. The number of carboxylic acids is 2. The molecule has 0 saturated carbocycles. The fourth-order valence-corrected chi connectivity index (χ4v) is 1.33. The molecule has 0 aliphatic carbocycles. The van der Waals surface area contributed by atoms with Gasteiger partial charge in [-0.25, -0.2) is 4.79 Å². The molecule has 2 N–H and O–H groups in total. The molecule has 1 aromatic carbocycles. The van der Waals surface area contributed by atoms with E-state index in [-0.39, 0.29) is 11.3 Å². The van der Waals surface area contributed by atoms with Crippen molar-refractivity contribution in [2.45, 2.75) is 6.42 Å². The summed E-state index contributed by atoms with van der Waals surface area (Å²) in [5, 5.41) is 27.8. The fraction of sp³-hybridized carbons (Fsp3) is 0.0909. The molecule has 0 radical (unpaired) electrons. The highest BCUT2D eigenvalue weighted by atomic mass is 16.6. The quantitative estimate of drug-likeness (QED) is 0.463. The lowest BCUT2D eigenvalue weighted by molar-refractivity contribution is -0.385. The van der Waals surface area contributed by atoms with E-state index in [0.29, 0.717) is 5.56 Å². The smallest absolute Gasteiger partial charge is 0.328 e. The lowest BCUT2D eigenvalue weighted by atomic mass is 10.1. The lowest BCUT2D eigenvalue weighted by Crippen LogP contribution is -2.03. The van der Waals surface area contributed by atoms with Gasteiger partial charge in [-0.1, -0.05) is 12.1 Å². The highest BCUT2D eigenvalue weighted by Gasteiger charge is 2.16. The summed E-state index contributed by atoms with van der Waals surface area (Å²) < 4.78 is 0. The van der Waals surface area contributed by atoms with Crippen LogP contribution in [0, 0.1) is 10.1 Å². The Labute approximate surface area is 101 Å². The molecule has 0 spiro atoms. The first kappa shape index (κ1) is 13.4. The maximum absolute atomic E-state index is 10.8.